The molecular formula is C16H19FN2O2. The second kappa shape index (κ2) is 7.19. The molecule has 2 rings (SSSR count). The quantitative estimate of drug-likeness (QED) is 0.800. The van der Waals surface area contributed by atoms with Gasteiger partial charge in [-0.3, -0.25) is 9.69 Å². The Morgan fingerprint density at radius 2 is 2.14 bits per heavy atom. The van der Waals surface area contributed by atoms with Crippen LogP contribution in [0.15, 0.2) is 24.3 Å². The van der Waals surface area contributed by atoms with Crippen LogP contribution in [0.5, 0.6) is 0 Å². The van der Waals surface area contributed by atoms with Crippen molar-refractivity contribution in [2.24, 2.45) is 5.92 Å². The molecule has 0 amide bonds. The molecule has 0 aliphatic carbocycles. The zero-order chi connectivity index (χ0) is 15.2. The van der Waals surface area contributed by atoms with E-state index in [9.17, 15) is 14.4 Å². The van der Waals surface area contributed by atoms with Crippen LogP contribution in [-0.2, 0) is 9.53 Å². The first-order valence-electron chi connectivity index (χ1n) is 7.22. The highest BCUT2D eigenvalue weighted by molar-refractivity contribution is 5.72. The molecule has 0 aromatic heterocycles. The van der Waals surface area contributed by atoms with E-state index in [0.29, 0.717) is 38.1 Å². The average Bonchev–Trinajstić information content (AvgIpc) is 2.51. The highest BCUT2D eigenvalue weighted by atomic mass is 19.1. The minimum absolute atomic E-state index is 0.110. The normalized spacial score (nSPS) is 18.0. The molecule has 1 aromatic carbocycles. The SMILES string of the molecule is CCOC(=O)C1CCN(C(C#N)c2ccccc2F)CC1. The first-order chi connectivity index (χ1) is 10.2. The Balaban J connectivity index is 2.02. The summed E-state index contributed by atoms with van der Waals surface area (Å²) in [7, 11) is 0. The Morgan fingerprint density at radius 1 is 1.48 bits per heavy atom. The first-order valence-corrected chi connectivity index (χ1v) is 7.22. The molecule has 0 bridgehead atoms. The summed E-state index contributed by atoms with van der Waals surface area (Å²) in [4.78, 5) is 13.6. The maximum Gasteiger partial charge on any atom is 0.309 e. The monoisotopic (exact) mass is 290 g/mol. The van der Waals surface area contributed by atoms with Gasteiger partial charge in [-0.15, -0.1) is 0 Å². The van der Waals surface area contributed by atoms with Crippen LogP contribution in [0.4, 0.5) is 4.39 Å². The van der Waals surface area contributed by atoms with Crippen molar-refractivity contribution in [3.05, 3.63) is 35.6 Å². The fourth-order valence-corrected chi connectivity index (χ4v) is 2.70. The number of likely N-dealkylation sites (tertiary alicyclic amines) is 1. The molecule has 1 aliphatic rings. The van der Waals surface area contributed by atoms with E-state index in [1.807, 2.05) is 4.90 Å². The largest absolute Gasteiger partial charge is 0.466 e. The highest BCUT2D eigenvalue weighted by Crippen LogP contribution is 2.28. The van der Waals surface area contributed by atoms with Gasteiger partial charge in [-0.1, -0.05) is 18.2 Å². The Kier molecular flexibility index (Phi) is 5.29. The summed E-state index contributed by atoms with van der Waals surface area (Å²) < 4.78 is 18.9. The van der Waals surface area contributed by atoms with Gasteiger partial charge < -0.3 is 4.74 Å². The number of rotatable bonds is 4. The standard InChI is InChI=1S/C16H19FN2O2/c1-2-21-16(20)12-7-9-19(10-8-12)15(11-18)13-5-3-4-6-14(13)17/h3-6,12,15H,2,7-10H2,1H3. The summed E-state index contributed by atoms with van der Waals surface area (Å²) >= 11 is 0. The lowest BCUT2D eigenvalue weighted by Crippen LogP contribution is -2.39. The van der Waals surface area contributed by atoms with Crippen LogP contribution in [-0.4, -0.2) is 30.6 Å². The number of halogens is 1. The van der Waals surface area contributed by atoms with Gasteiger partial charge in [-0.25, -0.2) is 4.39 Å². The third kappa shape index (κ3) is 3.59. The molecule has 1 atom stereocenters. The molecule has 21 heavy (non-hydrogen) atoms. The van der Waals surface area contributed by atoms with Gasteiger partial charge >= 0.3 is 5.97 Å². The number of nitrogens with zero attached hydrogens (tertiary/aromatic N) is 2. The van der Waals surface area contributed by atoms with E-state index in [0.717, 1.165) is 0 Å². The predicted molar refractivity (Wildman–Crippen MR) is 75.7 cm³/mol. The van der Waals surface area contributed by atoms with Gasteiger partial charge in [0, 0.05) is 18.7 Å². The van der Waals surface area contributed by atoms with E-state index in [1.165, 1.54) is 6.07 Å². The Morgan fingerprint density at radius 3 is 2.71 bits per heavy atom. The molecule has 0 N–H and O–H groups in total. The summed E-state index contributed by atoms with van der Waals surface area (Å²) in [6, 6.07) is 7.91. The van der Waals surface area contributed by atoms with Crippen LogP contribution < -0.4 is 0 Å². The van der Waals surface area contributed by atoms with Gasteiger partial charge in [0.25, 0.3) is 0 Å². The van der Waals surface area contributed by atoms with Crippen molar-refractivity contribution in [3.63, 3.8) is 0 Å². The van der Waals surface area contributed by atoms with Crippen molar-refractivity contribution in [2.75, 3.05) is 19.7 Å². The van der Waals surface area contributed by atoms with Crippen LogP contribution in [0.1, 0.15) is 31.4 Å². The topological polar surface area (TPSA) is 53.3 Å². The van der Waals surface area contributed by atoms with E-state index >= 15 is 0 Å². The second-order valence-corrected chi connectivity index (χ2v) is 5.12. The van der Waals surface area contributed by atoms with Crippen LogP contribution in [0.25, 0.3) is 0 Å². The average molecular weight is 290 g/mol. The number of carbonyl (C=O) groups excluding carboxylic acids is 1. The lowest BCUT2D eigenvalue weighted by molar-refractivity contribution is -0.149. The number of nitriles is 1. The van der Waals surface area contributed by atoms with Crippen LogP contribution >= 0.6 is 0 Å². The van der Waals surface area contributed by atoms with E-state index in [2.05, 4.69) is 6.07 Å². The van der Waals surface area contributed by atoms with E-state index < -0.39 is 6.04 Å². The van der Waals surface area contributed by atoms with Crippen LogP contribution in [0, 0.1) is 23.1 Å². The third-order valence-electron chi connectivity index (χ3n) is 3.84. The zero-order valence-electron chi connectivity index (χ0n) is 12.1. The molecule has 0 spiro atoms. The first kappa shape index (κ1) is 15.5. The zero-order valence-corrected chi connectivity index (χ0v) is 12.1. The smallest absolute Gasteiger partial charge is 0.309 e. The van der Waals surface area contributed by atoms with Gasteiger partial charge in [0.15, 0.2) is 0 Å². The maximum atomic E-state index is 13.8. The van der Waals surface area contributed by atoms with Crippen molar-refractivity contribution in [1.29, 1.82) is 5.26 Å². The van der Waals surface area contributed by atoms with Crippen molar-refractivity contribution < 1.29 is 13.9 Å². The third-order valence-corrected chi connectivity index (χ3v) is 3.84. The lowest BCUT2D eigenvalue weighted by atomic mass is 9.94. The van der Waals surface area contributed by atoms with E-state index in [-0.39, 0.29) is 17.7 Å². The molecule has 1 unspecified atom stereocenters. The summed E-state index contributed by atoms with van der Waals surface area (Å²) in [5.41, 5.74) is 0.398. The Hall–Kier alpha value is -1.93. The van der Waals surface area contributed by atoms with Crippen LogP contribution in [0.2, 0.25) is 0 Å². The number of ether oxygens (including phenoxy) is 1. The summed E-state index contributed by atoms with van der Waals surface area (Å²) in [5, 5.41) is 9.37. The van der Waals surface area contributed by atoms with Crippen molar-refractivity contribution in [2.45, 2.75) is 25.8 Å². The molecule has 112 valence electrons. The molecule has 4 nitrogen and oxygen atoms in total. The van der Waals surface area contributed by atoms with Crippen LogP contribution in [0.3, 0.4) is 0 Å². The van der Waals surface area contributed by atoms with Crippen molar-refractivity contribution in [1.82, 2.24) is 4.90 Å². The fourth-order valence-electron chi connectivity index (χ4n) is 2.70. The predicted octanol–water partition coefficient (Wildman–Crippen LogP) is 2.67. The molecule has 0 radical (unpaired) electrons. The molecular weight excluding hydrogens is 271 g/mol. The Labute approximate surface area is 124 Å². The molecule has 1 saturated heterocycles. The van der Waals surface area contributed by atoms with Crippen molar-refractivity contribution >= 4 is 5.97 Å². The van der Waals surface area contributed by atoms with Gasteiger partial charge in [0.05, 0.1) is 18.6 Å². The number of esters is 1. The molecule has 1 fully saturated rings. The van der Waals surface area contributed by atoms with E-state index in [1.54, 1.807) is 25.1 Å². The summed E-state index contributed by atoms with van der Waals surface area (Å²) in [5.74, 6) is -0.644. The molecule has 5 heteroatoms. The number of hydrogen-bond acceptors (Lipinski definition) is 4. The molecule has 1 aromatic rings. The minimum atomic E-state index is -0.602. The van der Waals surface area contributed by atoms with Crippen molar-refractivity contribution in [3.8, 4) is 6.07 Å². The number of carbonyl (C=O) groups is 1. The van der Waals surface area contributed by atoms with E-state index in [4.69, 9.17) is 4.74 Å². The number of benzene rings is 1. The fraction of sp³-hybridized carbons (Fsp3) is 0.500. The van der Waals surface area contributed by atoms with Gasteiger partial charge in [-0.2, -0.15) is 5.26 Å². The summed E-state index contributed by atoms with van der Waals surface area (Å²) in [6.07, 6.45) is 1.29. The Bertz CT molecular complexity index is 533. The molecule has 0 saturated carbocycles. The maximum absolute atomic E-state index is 13.8. The van der Waals surface area contributed by atoms with Gasteiger partial charge in [0.1, 0.15) is 11.9 Å². The summed E-state index contributed by atoms with van der Waals surface area (Å²) in [6.45, 7) is 3.36. The molecule has 1 heterocycles. The highest BCUT2D eigenvalue weighted by Gasteiger charge is 2.31. The molecule has 1 aliphatic heterocycles. The van der Waals surface area contributed by atoms with Gasteiger partial charge in [-0.05, 0) is 25.8 Å². The second-order valence-electron chi connectivity index (χ2n) is 5.12. The minimum Gasteiger partial charge on any atom is -0.466 e. The number of hydrogen-bond donors (Lipinski definition) is 0. The lowest BCUT2D eigenvalue weighted by Gasteiger charge is -2.33. The van der Waals surface area contributed by atoms with Gasteiger partial charge in [0.2, 0.25) is 0 Å². The number of piperidine rings is 1.